The lowest BCUT2D eigenvalue weighted by Gasteiger charge is -2.19. The Kier molecular flexibility index (Phi) is 5.21. The molecule has 0 N–H and O–H groups in total. The molecule has 0 atom stereocenters. The van der Waals surface area contributed by atoms with Gasteiger partial charge in [0.05, 0.1) is 6.61 Å². The van der Waals surface area contributed by atoms with Gasteiger partial charge in [0.15, 0.2) is 5.69 Å². The summed E-state index contributed by atoms with van der Waals surface area (Å²) in [4.78, 5) is 23.2. The Hall–Kier alpha value is -2.06. The molecule has 0 unspecified atom stereocenters. The third-order valence-electron chi connectivity index (χ3n) is 2.24. The third-order valence-corrected chi connectivity index (χ3v) is 2.24. The van der Waals surface area contributed by atoms with Crippen molar-refractivity contribution < 1.29 is 32.2 Å². The van der Waals surface area contributed by atoms with Crippen LogP contribution in [0.1, 0.15) is 43.7 Å². The highest BCUT2D eigenvalue weighted by molar-refractivity contribution is 5.90. The molecule has 0 saturated carbocycles. The number of aromatic nitrogens is 2. The lowest BCUT2D eigenvalue weighted by molar-refractivity contribution is -0.156. The van der Waals surface area contributed by atoms with Crippen LogP contribution in [-0.2, 0) is 27.0 Å². The normalized spacial score (nSPS) is 12.1. The minimum absolute atomic E-state index is 0.0760. The third kappa shape index (κ3) is 5.05. The monoisotopic (exact) mass is 322 g/mol. The number of alkyl halides is 3. The Labute approximate surface area is 125 Å². The van der Waals surface area contributed by atoms with Crippen LogP contribution in [0, 0.1) is 0 Å². The van der Waals surface area contributed by atoms with Gasteiger partial charge in [-0.15, -0.1) is 0 Å². The van der Waals surface area contributed by atoms with E-state index in [9.17, 15) is 22.8 Å². The summed E-state index contributed by atoms with van der Waals surface area (Å²) in [6, 6.07) is 0. The van der Waals surface area contributed by atoms with Crippen LogP contribution >= 0.6 is 0 Å². The van der Waals surface area contributed by atoms with Gasteiger partial charge in [0.25, 0.3) is 0 Å². The molecule has 0 aliphatic rings. The zero-order valence-corrected chi connectivity index (χ0v) is 12.7. The summed E-state index contributed by atoms with van der Waals surface area (Å²) in [5.74, 6) is -1.91. The van der Waals surface area contributed by atoms with Crippen molar-refractivity contribution in [3.63, 3.8) is 0 Å². The van der Waals surface area contributed by atoms with E-state index in [1.807, 2.05) is 0 Å². The molecule has 1 heterocycles. The van der Waals surface area contributed by atoms with Crippen LogP contribution < -0.4 is 0 Å². The predicted molar refractivity (Wildman–Crippen MR) is 69.0 cm³/mol. The van der Waals surface area contributed by atoms with Crippen molar-refractivity contribution >= 4 is 11.9 Å². The number of hydrogen-bond donors (Lipinski definition) is 0. The average molecular weight is 322 g/mol. The number of hydrogen-bond acceptors (Lipinski definition) is 5. The molecular formula is C13H17F3N2O4. The van der Waals surface area contributed by atoms with Crippen LogP contribution in [0.25, 0.3) is 0 Å². The van der Waals surface area contributed by atoms with E-state index in [1.54, 1.807) is 20.8 Å². The zero-order valence-electron chi connectivity index (χ0n) is 12.7. The number of carbonyl (C=O) groups excluding carboxylic acids is 2. The van der Waals surface area contributed by atoms with E-state index in [1.165, 1.54) is 6.92 Å². The molecular weight excluding hydrogens is 305 g/mol. The van der Waals surface area contributed by atoms with E-state index in [-0.39, 0.29) is 6.61 Å². The molecule has 1 rings (SSSR count). The Morgan fingerprint density at radius 1 is 1.27 bits per heavy atom. The van der Waals surface area contributed by atoms with E-state index in [4.69, 9.17) is 4.74 Å². The highest BCUT2D eigenvalue weighted by Gasteiger charge is 2.40. The van der Waals surface area contributed by atoms with Crippen LogP contribution in [0.15, 0.2) is 6.20 Å². The first-order chi connectivity index (χ1) is 9.94. The van der Waals surface area contributed by atoms with E-state index < -0.39 is 41.5 Å². The Bertz CT molecular complexity index is 559. The summed E-state index contributed by atoms with van der Waals surface area (Å²) >= 11 is 0. The summed E-state index contributed by atoms with van der Waals surface area (Å²) < 4.78 is 48.9. The standard InChI is InChI=1S/C13H17F3N2O4/c1-5-21-11(20)8-6-18(17-10(8)13(14,15)16)7-9(19)22-12(2,3)4/h6H,5,7H2,1-4H3. The van der Waals surface area contributed by atoms with E-state index in [2.05, 4.69) is 9.84 Å². The first-order valence-corrected chi connectivity index (χ1v) is 6.47. The molecule has 0 amide bonds. The van der Waals surface area contributed by atoms with Crippen LogP contribution in [0.3, 0.4) is 0 Å². The minimum atomic E-state index is -4.83. The van der Waals surface area contributed by atoms with Gasteiger partial charge in [-0.05, 0) is 27.7 Å². The zero-order chi connectivity index (χ0) is 17.1. The van der Waals surface area contributed by atoms with Crippen molar-refractivity contribution in [1.82, 2.24) is 9.78 Å². The van der Waals surface area contributed by atoms with Crippen molar-refractivity contribution in [2.75, 3.05) is 6.61 Å². The summed E-state index contributed by atoms with van der Waals surface area (Å²) in [6.07, 6.45) is -4.01. The minimum Gasteiger partial charge on any atom is -0.462 e. The molecule has 6 nitrogen and oxygen atoms in total. The van der Waals surface area contributed by atoms with Crippen molar-refractivity contribution in [1.29, 1.82) is 0 Å². The fraction of sp³-hybridized carbons (Fsp3) is 0.615. The number of halogens is 3. The van der Waals surface area contributed by atoms with Gasteiger partial charge in [-0.2, -0.15) is 18.3 Å². The van der Waals surface area contributed by atoms with Gasteiger partial charge in [-0.3, -0.25) is 9.48 Å². The predicted octanol–water partition coefficient (Wildman–Crippen LogP) is 2.42. The summed E-state index contributed by atoms with van der Waals surface area (Å²) in [5.41, 5.74) is -2.91. The van der Waals surface area contributed by atoms with E-state index in [0.717, 1.165) is 6.20 Å². The number of esters is 2. The quantitative estimate of drug-likeness (QED) is 0.796. The number of carbonyl (C=O) groups is 2. The maximum atomic E-state index is 12.9. The molecule has 1 aromatic heterocycles. The lowest BCUT2D eigenvalue weighted by atomic mass is 10.2. The Morgan fingerprint density at radius 3 is 2.32 bits per heavy atom. The average Bonchev–Trinajstić information content (AvgIpc) is 2.70. The summed E-state index contributed by atoms with van der Waals surface area (Å²) in [5, 5.41) is 3.24. The molecule has 0 saturated heterocycles. The maximum absolute atomic E-state index is 12.9. The van der Waals surface area contributed by atoms with Gasteiger partial charge in [-0.1, -0.05) is 0 Å². The second kappa shape index (κ2) is 6.37. The van der Waals surface area contributed by atoms with Crippen molar-refractivity contribution in [2.24, 2.45) is 0 Å². The van der Waals surface area contributed by atoms with Gasteiger partial charge in [0, 0.05) is 6.20 Å². The first kappa shape index (κ1) is 18.0. The van der Waals surface area contributed by atoms with Crippen LogP contribution in [0.4, 0.5) is 13.2 Å². The molecule has 0 fully saturated rings. The van der Waals surface area contributed by atoms with Gasteiger partial charge < -0.3 is 9.47 Å². The van der Waals surface area contributed by atoms with Crippen LogP contribution in [-0.4, -0.2) is 33.9 Å². The highest BCUT2D eigenvalue weighted by atomic mass is 19.4. The fourth-order valence-corrected chi connectivity index (χ4v) is 1.58. The van der Waals surface area contributed by atoms with E-state index in [0.29, 0.717) is 4.68 Å². The molecule has 0 radical (unpaired) electrons. The molecule has 0 bridgehead atoms. The van der Waals surface area contributed by atoms with Gasteiger partial charge in [0.2, 0.25) is 0 Å². The first-order valence-electron chi connectivity index (χ1n) is 6.47. The molecule has 9 heteroatoms. The summed E-state index contributed by atoms with van der Waals surface area (Å²) in [6.45, 7) is 5.72. The fourth-order valence-electron chi connectivity index (χ4n) is 1.58. The summed E-state index contributed by atoms with van der Waals surface area (Å²) in [7, 11) is 0. The molecule has 0 aliphatic carbocycles. The van der Waals surface area contributed by atoms with Crippen molar-refractivity contribution in [2.45, 2.75) is 46.0 Å². The Balaban J connectivity index is 3.03. The van der Waals surface area contributed by atoms with Crippen molar-refractivity contribution in [3.05, 3.63) is 17.5 Å². The molecule has 124 valence electrons. The molecule has 0 spiro atoms. The molecule has 0 aromatic carbocycles. The van der Waals surface area contributed by atoms with Gasteiger partial charge >= 0.3 is 18.1 Å². The largest absolute Gasteiger partial charge is 0.462 e. The van der Waals surface area contributed by atoms with Crippen LogP contribution in [0.2, 0.25) is 0 Å². The lowest BCUT2D eigenvalue weighted by Crippen LogP contribution is -2.26. The SMILES string of the molecule is CCOC(=O)c1cn(CC(=O)OC(C)(C)C)nc1C(F)(F)F. The molecule has 1 aromatic rings. The second-order valence-corrected chi connectivity index (χ2v) is 5.39. The second-order valence-electron chi connectivity index (χ2n) is 5.39. The smallest absolute Gasteiger partial charge is 0.436 e. The number of rotatable bonds is 4. The highest BCUT2D eigenvalue weighted by Crippen LogP contribution is 2.31. The number of nitrogens with zero attached hydrogens (tertiary/aromatic N) is 2. The number of ether oxygens (including phenoxy) is 2. The maximum Gasteiger partial charge on any atom is 0.436 e. The Morgan fingerprint density at radius 2 is 1.86 bits per heavy atom. The van der Waals surface area contributed by atoms with Crippen molar-refractivity contribution in [3.8, 4) is 0 Å². The van der Waals surface area contributed by atoms with E-state index >= 15 is 0 Å². The van der Waals surface area contributed by atoms with Gasteiger partial charge in [-0.25, -0.2) is 4.79 Å². The topological polar surface area (TPSA) is 70.4 Å². The molecule has 22 heavy (non-hydrogen) atoms. The van der Waals surface area contributed by atoms with Crippen LogP contribution in [0.5, 0.6) is 0 Å². The molecule has 0 aliphatic heterocycles. The van der Waals surface area contributed by atoms with Gasteiger partial charge in [0.1, 0.15) is 17.7 Å².